The number of aryl methyl sites for hydroxylation is 1. The minimum Gasteiger partial charge on any atom is -0.454 e. The number of halogens is 1. The molecule has 0 aliphatic rings. The minimum atomic E-state index is 0.676. The van der Waals surface area contributed by atoms with Crippen molar-refractivity contribution in [3.8, 4) is 11.1 Å². The summed E-state index contributed by atoms with van der Waals surface area (Å²) in [5.74, 6) is 0. The average Bonchev–Trinajstić information content (AvgIpc) is 3.11. The normalized spacial score (nSPS) is 11.2. The number of hydrogen-bond acceptors (Lipinski definition) is 2. The molecule has 0 radical (unpaired) electrons. The molecule has 0 unspecified atom stereocenters. The summed E-state index contributed by atoms with van der Waals surface area (Å²) in [5, 5.41) is 6.34. The summed E-state index contributed by atoms with van der Waals surface area (Å²) in [4.78, 5) is 0. The van der Waals surface area contributed by atoms with Gasteiger partial charge in [0, 0.05) is 10.8 Å². The third-order valence-electron chi connectivity index (χ3n) is 5.10. The zero-order chi connectivity index (χ0) is 19.1. The maximum atomic E-state index is 6.36. The molecule has 1 N–H and O–H groups in total. The summed E-state index contributed by atoms with van der Waals surface area (Å²) in [6.07, 6.45) is 0. The monoisotopic (exact) mass is 383 g/mol. The highest BCUT2D eigenvalue weighted by Gasteiger charge is 2.17. The molecule has 0 aliphatic heterocycles. The van der Waals surface area contributed by atoms with Gasteiger partial charge in [0.15, 0.2) is 5.58 Å². The number of fused-ring (bicyclic) bond motifs is 3. The minimum absolute atomic E-state index is 0.676. The number of nitrogens with one attached hydrogen (secondary N) is 1. The predicted molar refractivity (Wildman–Crippen MR) is 119 cm³/mol. The Morgan fingerprint density at radius 3 is 2.32 bits per heavy atom. The van der Waals surface area contributed by atoms with Gasteiger partial charge >= 0.3 is 0 Å². The van der Waals surface area contributed by atoms with E-state index in [0.29, 0.717) is 5.02 Å². The molecule has 0 spiro atoms. The third-order valence-corrected chi connectivity index (χ3v) is 5.43. The lowest BCUT2D eigenvalue weighted by molar-refractivity contribution is 0.670. The first-order valence-electron chi connectivity index (χ1n) is 9.24. The zero-order valence-corrected chi connectivity index (χ0v) is 16.1. The highest BCUT2D eigenvalue weighted by Crippen LogP contribution is 2.42. The average molecular weight is 384 g/mol. The maximum Gasteiger partial charge on any atom is 0.159 e. The van der Waals surface area contributed by atoms with Gasteiger partial charge in [0.2, 0.25) is 0 Å². The highest BCUT2D eigenvalue weighted by molar-refractivity contribution is 6.33. The van der Waals surface area contributed by atoms with Crippen molar-refractivity contribution in [2.45, 2.75) is 6.92 Å². The lowest BCUT2D eigenvalue weighted by atomic mass is 9.95. The van der Waals surface area contributed by atoms with Crippen molar-refractivity contribution in [3.05, 3.63) is 95.5 Å². The van der Waals surface area contributed by atoms with E-state index in [0.717, 1.165) is 33.3 Å². The van der Waals surface area contributed by atoms with E-state index in [1.54, 1.807) is 0 Å². The molecule has 0 bridgehead atoms. The van der Waals surface area contributed by atoms with Crippen LogP contribution in [0.5, 0.6) is 0 Å². The van der Waals surface area contributed by atoms with Crippen LogP contribution in [0.1, 0.15) is 5.56 Å². The smallest absolute Gasteiger partial charge is 0.159 e. The van der Waals surface area contributed by atoms with Gasteiger partial charge in [-0.25, -0.2) is 0 Å². The van der Waals surface area contributed by atoms with Crippen LogP contribution in [0.15, 0.2) is 89.3 Å². The standard InChI is InChI=1S/C25H18ClNO/c1-16-8-2-3-9-17(16)18-14-15-22(27-21-12-6-5-11-20(21)26)25-24(18)19-10-4-7-13-23(19)28-25/h2-15,27H,1H3. The van der Waals surface area contributed by atoms with Crippen molar-refractivity contribution in [1.82, 2.24) is 0 Å². The first kappa shape index (κ1) is 16.9. The number of benzene rings is 4. The molecule has 2 nitrogen and oxygen atoms in total. The maximum absolute atomic E-state index is 6.36. The van der Waals surface area contributed by atoms with Gasteiger partial charge in [-0.15, -0.1) is 0 Å². The Balaban J connectivity index is 1.80. The quantitative estimate of drug-likeness (QED) is 0.342. The fourth-order valence-electron chi connectivity index (χ4n) is 3.73. The lowest BCUT2D eigenvalue weighted by Gasteiger charge is -2.12. The van der Waals surface area contributed by atoms with E-state index in [9.17, 15) is 0 Å². The molecular weight excluding hydrogens is 366 g/mol. The summed E-state index contributed by atoms with van der Waals surface area (Å²) in [6, 6.07) is 28.6. The number of hydrogen-bond donors (Lipinski definition) is 1. The van der Waals surface area contributed by atoms with E-state index in [4.69, 9.17) is 16.0 Å². The van der Waals surface area contributed by atoms with Crippen molar-refractivity contribution < 1.29 is 4.42 Å². The number of rotatable bonds is 3. The molecule has 0 atom stereocenters. The molecule has 0 fully saturated rings. The van der Waals surface area contributed by atoms with Crippen LogP contribution in [0.4, 0.5) is 11.4 Å². The fourth-order valence-corrected chi connectivity index (χ4v) is 3.92. The largest absolute Gasteiger partial charge is 0.454 e. The molecule has 0 aliphatic carbocycles. The summed E-state index contributed by atoms with van der Waals surface area (Å²) >= 11 is 6.36. The van der Waals surface area contributed by atoms with Crippen LogP contribution in [0, 0.1) is 6.92 Å². The van der Waals surface area contributed by atoms with Crippen molar-refractivity contribution >= 4 is 44.9 Å². The Morgan fingerprint density at radius 2 is 1.46 bits per heavy atom. The number of para-hydroxylation sites is 2. The summed E-state index contributed by atoms with van der Waals surface area (Å²) in [5.41, 5.74) is 7.08. The molecular formula is C25H18ClNO. The Morgan fingerprint density at radius 1 is 0.714 bits per heavy atom. The van der Waals surface area contributed by atoms with Gasteiger partial charge in [0.25, 0.3) is 0 Å². The molecule has 0 amide bonds. The Kier molecular flexibility index (Phi) is 4.07. The second-order valence-electron chi connectivity index (χ2n) is 6.88. The first-order chi connectivity index (χ1) is 13.7. The molecule has 1 heterocycles. The van der Waals surface area contributed by atoms with Crippen LogP contribution < -0.4 is 5.32 Å². The topological polar surface area (TPSA) is 25.2 Å². The molecule has 136 valence electrons. The molecule has 28 heavy (non-hydrogen) atoms. The van der Waals surface area contributed by atoms with Gasteiger partial charge < -0.3 is 9.73 Å². The highest BCUT2D eigenvalue weighted by atomic mass is 35.5. The van der Waals surface area contributed by atoms with E-state index in [1.807, 2.05) is 42.5 Å². The van der Waals surface area contributed by atoms with Gasteiger partial charge in [-0.2, -0.15) is 0 Å². The summed E-state index contributed by atoms with van der Waals surface area (Å²) in [7, 11) is 0. The number of furan rings is 1. The van der Waals surface area contributed by atoms with Crippen molar-refractivity contribution in [1.29, 1.82) is 0 Å². The molecule has 0 saturated carbocycles. The van der Waals surface area contributed by atoms with Gasteiger partial charge in [-0.1, -0.05) is 72.3 Å². The predicted octanol–water partition coefficient (Wildman–Crippen LogP) is 7.96. The molecule has 5 rings (SSSR count). The zero-order valence-electron chi connectivity index (χ0n) is 15.4. The second-order valence-corrected chi connectivity index (χ2v) is 7.29. The second kappa shape index (κ2) is 6.74. The SMILES string of the molecule is Cc1ccccc1-c1ccc(Nc2ccccc2Cl)c2oc3ccccc3c12. The van der Waals surface area contributed by atoms with E-state index in [1.165, 1.54) is 16.7 Å². The Labute approximate surface area is 168 Å². The van der Waals surface area contributed by atoms with Gasteiger partial charge in [-0.3, -0.25) is 0 Å². The number of anilines is 2. The summed E-state index contributed by atoms with van der Waals surface area (Å²) < 4.78 is 6.29. The van der Waals surface area contributed by atoms with Gasteiger partial charge in [0.05, 0.1) is 16.4 Å². The lowest BCUT2D eigenvalue weighted by Crippen LogP contribution is -1.93. The van der Waals surface area contributed by atoms with Crippen LogP contribution in [0.2, 0.25) is 5.02 Å². The van der Waals surface area contributed by atoms with Crippen molar-refractivity contribution in [2.24, 2.45) is 0 Å². The fraction of sp³-hybridized carbons (Fsp3) is 0.0400. The van der Waals surface area contributed by atoms with E-state index in [-0.39, 0.29) is 0 Å². The summed E-state index contributed by atoms with van der Waals surface area (Å²) in [6.45, 7) is 2.14. The van der Waals surface area contributed by atoms with E-state index in [2.05, 4.69) is 54.7 Å². The van der Waals surface area contributed by atoms with Crippen LogP contribution in [-0.4, -0.2) is 0 Å². The van der Waals surface area contributed by atoms with E-state index >= 15 is 0 Å². The first-order valence-corrected chi connectivity index (χ1v) is 9.62. The van der Waals surface area contributed by atoms with Crippen molar-refractivity contribution in [2.75, 3.05) is 5.32 Å². The van der Waals surface area contributed by atoms with Gasteiger partial charge in [0.1, 0.15) is 5.58 Å². The van der Waals surface area contributed by atoms with Crippen LogP contribution in [0.25, 0.3) is 33.1 Å². The van der Waals surface area contributed by atoms with Gasteiger partial charge in [-0.05, 0) is 47.9 Å². The molecule has 4 aromatic carbocycles. The molecule has 3 heteroatoms. The van der Waals surface area contributed by atoms with Crippen LogP contribution in [-0.2, 0) is 0 Å². The van der Waals surface area contributed by atoms with Crippen LogP contribution >= 0.6 is 11.6 Å². The van der Waals surface area contributed by atoms with Crippen molar-refractivity contribution in [3.63, 3.8) is 0 Å². The molecule has 0 saturated heterocycles. The Hall–Kier alpha value is -3.23. The third kappa shape index (κ3) is 2.74. The Bertz CT molecular complexity index is 1320. The molecule has 5 aromatic rings. The molecule has 1 aromatic heterocycles. The van der Waals surface area contributed by atoms with Crippen LogP contribution in [0.3, 0.4) is 0 Å². The van der Waals surface area contributed by atoms with E-state index < -0.39 is 0 Å².